The first kappa shape index (κ1) is 11.8. The van der Waals surface area contributed by atoms with Crippen LogP contribution in [0.4, 0.5) is 0 Å². The SMILES string of the molecule is Cc1cc(C#N)nc(-c2ccc(Cl)cc2Cl)n1. The Morgan fingerprint density at radius 3 is 2.59 bits per heavy atom. The zero-order chi connectivity index (χ0) is 12.4. The second kappa shape index (κ2) is 4.70. The van der Waals surface area contributed by atoms with Gasteiger partial charge in [-0.15, -0.1) is 0 Å². The lowest BCUT2D eigenvalue weighted by Crippen LogP contribution is -1.95. The molecule has 0 amide bonds. The fourth-order valence-electron chi connectivity index (χ4n) is 1.42. The van der Waals surface area contributed by atoms with Crippen LogP contribution in [0.25, 0.3) is 11.4 Å². The molecule has 17 heavy (non-hydrogen) atoms. The normalized spacial score (nSPS) is 10.0. The Kier molecular flexibility index (Phi) is 3.28. The van der Waals surface area contributed by atoms with Gasteiger partial charge in [0, 0.05) is 16.3 Å². The van der Waals surface area contributed by atoms with Gasteiger partial charge >= 0.3 is 0 Å². The first-order chi connectivity index (χ1) is 8.10. The number of hydrogen-bond donors (Lipinski definition) is 0. The highest BCUT2D eigenvalue weighted by Crippen LogP contribution is 2.28. The molecule has 0 aliphatic carbocycles. The third-order valence-electron chi connectivity index (χ3n) is 2.14. The van der Waals surface area contributed by atoms with Gasteiger partial charge in [0.2, 0.25) is 0 Å². The Morgan fingerprint density at radius 1 is 1.18 bits per heavy atom. The van der Waals surface area contributed by atoms with Gasteiger partial charge in [-0.2, -0.15) is 5.26 Å². The summed E-state index contributed by atoms with van der Waals surface area (Å²) in [6.07, 6.45) is 0. The highest BCUT2D eigenvalue weighted by atomic mass is 35.5. The van der Waals surface area contributed by atoms with Gasteiger partial charge in [-0.05, 0) is 31.2 Å². The molecule has 0 saturated carbocycles. The van der Waals surface area contributed by atoms with Crippen LogP contribution >= 0.6 is 23.2 Å². The average Bonchev–Trinajstić information content (AvgIpc) is 2.28. The molecule has 2 rings (SSSR count). The minimum absolute atomic E-state index is 0.318. The van der Waals surface area contributed by atoms with Crippen LogP contribution in [0.15, 0.2) is 24.3 Å². The highest BCUT2D eigenvalue weighted by molar-refractivity contribution is 6.36. The number of rotatable bonds is 1. The summed E-state index contributed by atoms with van der Waals surface area (Å²) in [6.45, 7) is 1.80. The molecule has 0 aliphatic heterocycles. The molecular weight excluding hydrogens is 257 g/mol. The van der Waals surface area contributed by atoms with E-state index in [9.17, 15) is 0 Å². The summed E-state index contributed by atoms with van der Waals surface area (Å²) in [4.78, 5) is 8.37. The zero-order valence-electron chi connectivity index (χ0n) is 8.91. The van der Waals surface area contributed by atoms with Gasteiger partial charge in [0.15, 0.2) is 5.82 Å². The first-order valence-electron chi connectivity index (χ1n) is 4.81. The van der Waals surface area contributed by atoms with Crippen molar-refractivity contribution >= 4 is 23.2 Å². The van der Waals surface area contributed by atoms with E-state index in [1.165, 1.54) is 0 Å². The maximum Gasteiger partial charge on any atom is 0.162 e. The van der Waals surface area contributed by atoms with E-state index in [1.807, 2.05) is 6.07 Å². The van der Waals surface area contributed by atoms with Crippen molar-refractivity contribution in [1.82, 2.24) is 9.97 Å². The molecule has 0 unspecified atom stereocenters. The predicted molar refractivity (Wildman–Crippen MR) is 66.9 cm³/mol. The zero-order valence-corrected chi connectivity index (χ0v) is 10.4. The highest BCUT2D eigenvalue weighted by Gasteiger charge is 2.09. The number of nitriles is 1. The summed E-state index contributed by atoms with van der Waals surface area (Å²) in [5.74, 6) is 0.434. The van der Waals surface area contributed by atoms with Crippen molar-refractivity contribution in [3.63, 3.8) is 0 Å². The van der Waals surface area contributed by atoms with Crippen molar-refractivity contribution in [3.05, 3.63) is 45.7 Å². The van der Waals surface area contributed by atoms with E-state index < -0.39 is 0 Å². The van der Waals surface area contributed by atoms with E-state index in [-0.39, 0.29) is 0 Å². The maximum absolute atomic E-state index is 8.85. The Hall–Kier alpha value is -1.63. The summed E-state index contributed by atoms with van der Waals surface area (Å²) >= 11 is 11.9. The minimum Gasteiger partial charge on any atom is -0.233 e. The lowest BCUT2D eigenvalue weighted by Gasteiger charge is -2.04. The summed E-state index contributed by atoms with van der Waals surface area (Å²) in [6, 6.07) is 8.67. The second-order valence-electron chi connectivity index (χ2n) is 3.45. The van der Waals surface area contributed by atoms with Crippen molar-refractivity contribution in [2.45, 2.75) is 6.92 Å². The molecule has 1 aromatic heterocycles. The van der Waals surface area contributed by atoms with E-state index in [4.69, 9.17) is 28.5 Å². The van der Waals surface area contributed by atoms with Crippen LogP contribution in [0.1, 0.15) is 11.4 Å². The molecule has 2 aromatic rings. The van der Waals surface area contributed by atoms with Gasteiger partial charge in [0.1, 0.15) is 11.8 Å². The van der Waals surface area contributed by atoms with Gasteiger partial charge in [-0.1, -0.05) is 23.2 Å². The molecule has 0 saturated heterocycles. The van der Waals surface area contributed by atoms with Crippen molar-refractivity contribution in [3.8, 4) is 17.5 Å². The van der Waals surface area contributed by atoms with E-state index in [2.05, 4.69) is 9.97 Å². The van der Waals surface area contributed by atoms with Gasteiger partial charge in [0.05, 0.1) is 5.02 Å². The predicted octanol–water partition coefficient (Wildman–Crippen LogP) is 3.63. The fraction of sp³-hybridized carbons (Fsp3) is 0.0833. The topological polar surface area (TPSA) is 49.6 Å². The van der Waals surface area contributed by atoms with Crippen molar-refractivity contribution < 1.29 is 0 Å². The van der Waals surface area contributed by atoms with Crippen molar-refractivity contribution in [1.29, 1.82) is 5.26 Å². The third kappa shape index (κ3) is 2.55. The Morgan fingerprint density at radius 2 is 1.94 bits per heavy atom. The molecule has 0 N–H and O–H groups in total. The van der Waals surface area contributed by atoms with E-state index >= 15 is 0 Å². The van der Waals surface area contributed by atoms with Gasteiger partial charge in [-0.3, -0.25) is 0 Å². The first-order valence-corrected chi connectivity index (χ1v) is 5.57. The molecule has 0 radical (unpaired) electrons. The van der Waals surface area contributed by atoms with E-state index in [0.29, 0.717) is 27.1 Å². The molecule has 1 heterocycles. The summed E-state index contributed by atoms with van der Waals surface area (Å²) in [5.41, 5.74) is 1.70. The number of hydrogen-bond acceptors (Lipinski definition) is 3. The van der Waals surface area contributed by atoms with Crippen LogP contribution in [0.2, 0.25) is 10.0 Å². The monoisotopic (exact) mass is 263 g/mol. The minimum atomic E-state index is 0.318. The molecule has 0 atom stereocenters. The number of benzene rings is 1. The summed E-state index contributed by atoms with van der Waals surface area (Å²) < 4.78 is 0. The van der Waals surface area contributed by atoms with Gasteiger partial charge in [-0.25, -0.2) is 9.97 Å². The van der Waals surface area contributed by atoms with Crippen molar-refractivity contribution in [2.75, 3.05) is 0 Å². The van der Waals surface area contributed by atoms with Crippen LogP contribution in [-0.2, 0) is 0 Å². The molecule has 84 valence electrons. The molecule has 5 heteroatoms. The van der Waals surface area contributed by atoms with Crippen LogP contribution < -0.4 is 0 Å². The summed E-state index contributed by atoms with van der Waals surface area (Å²) in [7, 11) is 0. The molecule has 3 nitrogen and oxygen atoms in total. The molecule has 0 bridgehead atoms. The van der Waals surface area contributed by atoms with Crippen LogP contribution in [-0.4, -0.2) is 9.97 Å². The molecular formula is C12H7Cl2N3. The quantitative estimate of drug-likeness (QED) is 0.790. The summed E-state index contributed by atoms with van der Waals surface area (Å²) in [5, 5.41) is 9.87. The van der Waals surface area contributed by atoms with Gasteiger partial charge < -0.3 is 0 Å². The van der Waals surface area contributed by atoms with E-state index in [1.54, 1.807) is 31.2 Å². The largest absolute Gasteiger partial charge is 0.233 e. The molecule has 0 aliphatic rings. The van der Waals surface area contributed by atoms with Crippen LogP contribution in [0.5, 0.6) is 0 Å². The van der Waals surface area contributed by atoms with E-state index in [0.717, 1.165) is 5.69 Å². The smallest absolute Gasteiger partial charge is 0.162 e. The lowest BCUT2D eigenvalue weighted by molar-refractivity contribution is 1.09. The van der Waals surface area contributed by atoms with Crippen LogP contribution in [0.3, 0.4) is 0 Å². The van der Waals surface area contributed by atoms with Gasteiger partial charge in [0.25, 0.3) is 0 Å². The van der Waals surface area contributed by atoms with Crippen LogP contribution in [0, 0.1) is 18.3 Å². The Balaban J connectivity index is 2.61. The molecule has 1 aromatic carbocycles. The number of aromatic nitrogens is 2. The maximum atomic E-state index is 8.85. The average molecular weight is 264 g/mol. The second-order valence-corrected chi connectivity index (χ2v) is 4.30. The number of aryl methyl sites for hydroxylation is 1. The molecule has 0 spiro atoms. The lowest BCUT2D eigenvalue weighted by atomic mass is 10.2. The van der Waals surface area contributed by atoms with Crippen molar-refractivity contribution in [2.24, 2.45) is 0 Å². The fourth-order valence-corrected chi connectivity index (χ4v) is 1.91. The Labute approximate surface area is 109 Å². The number of halogens is 2. The Bertz CT molecular complexity index is 618. The number of nitrogens with zero attached hydrogens (tertiary/aromatic N) is 3. The third-order valence-corrected chi connectivity index (χ3v) is 2.69. The molecule has 0 fully saturated rings. The standard InChI is InChI=1S/C12H7Cl2N3/c1-7-4-9(6-15)17-12(16-7)10-3-2-8(13)5-11(10)14/h2-5H,1H3.